The molecule has 0 saturated heterocycles. The predicted octanol–water partition coefficient (Wildman–Crippen LogP) is 3.55. The number of likely N-dealkylation sites (N-methyl/N-ethyl adjacent to an activating group) is 1. The van der Waals surface area contributed by atoms with E-state index in [2.05, 4.69) is 16.7 Å². The Balaban J connectivity index is 1.56. The van der Waals surface area contributed by atoms with Crippen molar-refractivity contribution < 1.29 is 22.7 Å². The Hall–Kier alpha value is -4.53. The van der Waals surface area contributed by atoms with Crippen LogP contribution in [0.2, 0.25) is 0 Å². The van der Waals surface area contributed by atoms with Crippen molar-refractivity contribution in [1.82, 2.24) is 4.90 Å². The number of sulfonamides is 1. The van der Waals surface area contributed by atoms with Crippen LogP contribution in [0, 0.1) is 11.3 Å². The zero-order valence-electron chi connectivity index (χ0n) is 21.7. The molecule has 0 spiro atoms. The van der Waals surface area contributed by atoms with E-state index >= 15 is 0 Å². The highest BCUT2D eigenvalue weighted by atomic mass is 32.2. The highest BCUT2D eigenvalue weighted by Gasteiger charge is 2.29. The molecule has 2 aliphatic heterocycles. The molecule has 0 radical (unpaired) electrons. The Morgan fingerprint density at radius 3 is 2.46 bits per heavy atom. The van der Waals surface area contributed by atoms with E-state index in [4.69, 9.17) is 9.47 Å². The highest BCUT2D eigenvalue weighted by molar-refractivity contribution is 7.92. The maximum absolute atomic E-state index is 13.2. The van der Waals surface area contributed by atoms with Crippen molar-refractivity contribution in [2.45, 2.75) is 0 Å². The van der Waals surface area contributed by atoms with Crippen LogP contribution in [0.3, 0.4) is 0 Å². The van der Waals surface area contributed by atoms with Gasteiger partial charge in [-0.1, -0.05) is 6.07 Å². The van der Waals surface area contributed by atoms with Crippen LogP contribution < -0.4 is 24.4 Å². The fraction of sp³-hybridized carbons (Fsp3) is 0.214. The zero-order valence-corrected chi connectivity index (χ0v) is 22.5. The van der Waals surface area contributed by atoms with Crippen LogP contribution in [0.25, 0.3) is 11.3 Å². The molecule has 3 aromatic rings. The van der Waals surface area contributed by atoms with Gasteiger partial charge in [-0.15, -0.1) is 0 Å². The standard InChI is InChI=1S/C28H27N5O5S/c1-32(2)12-13-33(39(3,35)36)21-8-6-20(7-9-21)30-27(19-5-11-24-25(15-19)38-17-37-24)26-22-10-4-18(16-29)14-23(22)31-28(26)34/h4-11,14-15,30H,12-13,17H2,1-3H3,(H,31,34)/b27-26-. The summed E-state index contributed by atoms with van der Waals surface area (Å²) in [6.45, 7) is 0.993. The van der Waals surface area contributed by atoms with Gasteiger partial charge in [0.15, 0.2) is 11.5 Å². The van der Waals surface area contributed by atoms with Gasteiger partial charge in [0.25, 0.3) is 5.91 Å². The van der Waals surface area contributed by atoms with Gasteiger partial charge in [0.05, 0.1) is 40.5 Å². The lowest BCUT2D eigenvalue weighted by Crippen LogP contribution is -2.35. The van der Waals surface area contributed by atoms with Gasteiger partial charge in [-0.25, -0.2) is 8.42 Å². The number of nitrogens with one attached hydrogen (secondary N) is 2. The number of rotatable bonds is 8. The maximum Gasteiger partial charge on any atom is 0.258 e. The molecule has 0 saturated carbocycles. The Labute approximate surface area is 227 Å². The number of nitriles is 1. The van der Waals surface area contributed by atoms with Gasteiger partial charge in [0, 0.05) is 29.9 Å². The molecule has 5 rings (SSSR count). The Morgan fingerprint density at radius 1 is 1.03 bits per heavy atom. The van der Waals surface area contributed by atoms with E-state index in [-0.39, 0.29) is 12.7 Å². The lowest BCUT2D eigenvalue weighted by Gasteiger charge is -2.24. The lowest BCUT2D eigenvalue weighted by molar-refractivity contribution is -0.110. The van der Waals surface area contributed by atoms with Crippen LogP contribution in [0.1, 0.15) is 16.7 Å². The van der Waals surface area contributed by atoms with Gasteiger partial charge in [0.2, 0.25) is 16.8 Å². The third-order valence-electron chi connectivity index (χ3n) is 6.38. The summed E-state index contributed by atoms with van der Waals surface area (Å²) in [5.41, 5.74) is 4.44. The summed E-state index contributed by atoms with van der Waals surface area (Å²) in [5.74, 6) is 0.857. The quantitative estimate of drug-likeness (QED) is 0.412. The first-order chi connectivity index (χ1) is 18.6. The van der Waals surface area contributed by atoms with Crippen molar-refractivity contribution in [3.05, 3.63) is 77.4 Å². The van der Waals surface area contributed by atoms with E-state index in [0.717, 1.165) is 0 Å². The van der Waals surface area contributed by atoms with Crippen molar-refractivity contribution >= 4 is 44.3 Å². The molecule has 0 atom stereocenters. The molecule has 200 valence electrons. The van der Waals surface area contributed by atoms with Gasteiger partial charge >= 0.3 is 0 Å². The summed E-state index contributed by atoms with van der Waals surface area (Å²) in [6, 6.07) is 19.5. The van der Waals surface area contributed by atoms with Crippen molar-refractivity contribution in [3.8, 4) is 17.6 Å². The molecule has 0 aromatic heterocycles. The van der Waals surface area contributed by atoms with Crippen LogP contribution in [0.5, 0.6) is 11.5 Å². The Kier molecular flexibility index (Phi) is 6.91. The summed E-state index contributed by atoms with van der Waals surface area (Å²) in [5, 5.41) is 15.5. The van der Waals surface area contributed by atoms with Gasteiger partial charge in [-0.2, -0.15) is 5.26 Å². The van der Waals surface area contributed by atoms with Crippen molar-refractivity contribution in [1.29, 1.82) is 5.26 Å². The first-order valence-electron chi connectivity index (χ1n) is 12.1. The van der Waals surface area contributed by atoms with Crippen LogP contribution in [0.4, 0.5) is 17.1 Å². The minimum absolute atomic E-state index is 0.116. The summed E-state index contributed by atoms with van der Waals surface area (Å²) in [4.78, 5) is 15.1. The Morgan fingerprint density at radius 2 is 1.77 bits per heavy atom. The van der Waals surface area contributed by atoms with E-state index in [0.29, 0.717) is 69.6 Å². The topological polar surface area (TPSA) is 124 Å². The number of hydrogen-bond acceptors (Lipinski definition) is 8. The summed E-state index contributed by atoms with van der Waals surface area (Å²) >= 11 is 0. The molecule has 3 aromatic carbocycles. The number of amides is 1. The van der Waals surface area contributed by atoms with E-state index in [1.807, 2.05) is 25.1 Å². The van der Waals surface area contributed by atoms with Gasteiger partial charge in [-0.05, 0) is 68.7 Å². The Bertz CT molecular complexity index is 1620. The minimum Gasteiger partial charge on any atom is -0.454 e. The lowest BCUT2D eigenvalue weighted by atomic mass is 9.99. The van der Waals surface area contributed by atoms with E-state index in [1.54, 1.807) is 54.6 Å². The second-order valence-electron chi connectivity index (χ2n) is 9.45. The second-order valence-corrected chi connectivity index (χ2v) is 11.4. The minimum atomic E-state index is -3.48. The van der Waals surface area contributed by atoms with E-state index in [9.17, 15) is 18.5 Å². The average Bonchev–Trinajstić information content (AvgIpc) is 3.49. The molecule has 11 heteroatoms. The smallest absolute Gasteiger partial charge is 0.258 e. The number of anilines is 3. The van der Waals surface area contributed by atoms with Crippen LogP contribution in [0.15, 0.2) is 60.7 Å². The molecule has 0 aliphatic carbocycles. The number of ether oxygens (including phenoxy) is 2. The monoisotopic (exact) mass is 545 g/mol. The molecule has 10 nitrogen and oxygen atoms in total. The molecule has 0 bridgehead atoms. The summed E-state index contributed by atoms with van der Waals surface area (Å²) < 4.78 is 37.3. The molecular formula is C28H27N5O5S. The van der Waals surface area contributed by atoms with Crippen molar-refractivity contribution in [2.24, 2.45) is 0 Å². The third-order valence-corrected chi connectivity index (χ3v) is 7.57. The third kappa shape index (κ3) is 5.38. The molecular weight excluding hydrogens is 518 g/mol. The first-order valence-corrected chi connectivity index (χ1v) is 14.0. The van der Waals surface area contributed by atoms with Gasteiger partial charge in [0.1, 0.15) is 0 Å². The maximum atomic E-state index is 13.2. The normalized spacial score (nSPS) is 15.0. The summed E-state index contributed by atoms with van der Waals surface area (Å²) in [6.07, 6.45) is 1.19. The first kappa shape index (κ1) is 26.1. The largest absolute Gasteiger partial charge is 0.454 e. The van der Waals surface area contributed by atoms with Crippen molar-refractivity contribution in [2.75, 3.05) is 55.2 Å². The van der Waals surface area contributed by atoms with Crippen LogP contribution in [-0.4, -0.2) is 59.5 Å². The van der Waals surface area contributed by atoms with Crippen LogP contribution >= 0.6 is 0 Å². The SMILES string of the molecule is CN(C)CCN(c1ccc(N/C(=C2\C(=O)Nc3cc(C#N)ccc32)c2ccc3c(c2)OCO3)cc1)S(C)(=O)=O. The average molecular weight is 546 g/mol. The molecule has 2 heterocycles. The van der Waals surface area contributed by atoms with Crippen LogP contribution in [-0.2, 0) is 14.8 Å². The second kappa shape index (κ2) is 10.3. The molecule has 39 heavy (non-hydrogen) atoms. The number of nitrogens with zero attached hydrogens (tertiary/aromatic N) is 3. The molecule has 0 fully saturated rings. The predicted molar refractivity (Wildman–Crippen MR) is 150 cm³/mol. The number of benzene rings is 3. The summed E-state index contributed by atoms with van der Waals surface area (Å²) in [7, 11) is 0.289. The molecule has 2 N–H and O–H groups in total. The molecule has 1 amide bonds. The number of hydrogen-bond donors (Lipinski definition) is 2. The van der Waals surface area contributed by atoms with E-state index in [1.165, 1.54) is 10.6 Å². The number of carbonyl (C=O) groups is 1. The van der Waals surface area contributed by atoms with Gasteiger partial charge < -0.3 is 25.0 Å². The fourth-order valence-corrected chi connectivity index (χ4v) is 5.37. The highest BCUT2D eigenvalue weighted by Crippen LogP contribution is 2.41. The fourth-order valence-electron chi connectivity index (χ4n) is 4.45. The molecule has 2 aliphatic rings. The molecule has 0 unspecified atom stereocenters. The zero-order chi connectivity index (χ0) is 27.7. The van der Waals surface area contributed by atoms with Crippen molar-refractivity contribution in [3.63, 3.8) is 0 Å². The van der Waals surface area contributed by atoms with Gasteiger partial charge in [-0.3, -0.25) is 9.10 Å². The van der Waals surface area contributed by atoms with E-state index < -0.39 is 10.0 Å². The number of carbonyl (C=O) groups excluding carboxylic acids is 1. The number of fused-ring (bicyclic) bond motifs is 2.